The van der Waals surface area contributed by atoms with Crippen molar-refractivity contribution >= 4 is 74.5 Å². The molecule has 3 aromatic carbocycles. The molecular formula is C38H48N6O4S4. The van der Waals surface area contributed by atoms with E-state index in [2.05, 4.69) is 20.6 Å². The van der Waals surface area contributed by atoms with Crippen molar-refractivity contribution in [2.24, 2.45) is 0 Å². The Morgan fingerprint density at radius 2 is 0.962 bits per heavy atom. The highest BCUT2D eigenvalue weighted by atomic mass is 32.3. The van der Waals surface area contributed by atoms with Crippen molar-refractivity contribution in [1.29, 1.82) is 0 Å². The maximum Gasteiger partial charge on any atom is 0.272 e. The maximum absolute atomic E-state index is 14.2. The number of benzene rings is 3. The molecule has 2 aromatic heterocycles. The topological polar surface area (TPSA) is 125 Å². The zero-order chi connectivity index (χ0) is 36.6. The SMILES string of the molecule is Cc1cc(C)c2nc(S(=O)(=O)N(CNc3ccc(NCN(C4CCCCC4)S(=O)(=O)c4nc5c(C)cc(C)cc5s4)cc3)C3CCCCC3)sc2c1. The summed E-state index contributed by atoms with van der Waals surface area (Å²) in [6, 6.07) is 15.5. The van der Waals surface area contributed by atoms with Crippen LogP contribution in [0.1, 0.15) is 86.5 Å². The molecular weight excluding hydrogens is 733 g/mol. The first-order chi connectivity index (χ1) is 24.9. The third kappa shape index (κ3) is 7.74. The molecule has 0 atom stereocenters. The number of anilines is 2. The Balaban J connectivity index is 1.07. The Labute approximate surface area is 315 Å². The molecule has 10 nitrogen and oxygen atoms in total. The van der Waals surface area contributed by atoms with Crippen molar-refractivity contribution < 1.29 is 16.8 Å². The monoisotopic (exact) mass is 780 g/mol. The third-order valence-electron chi connectivity index (χ3n) is 10.4. The smallest absolute Gasteiger partial charge is 0.272 e. The molecule has 2 heterocycles. The van der Waals surface area contributed by atoms with Gasteiger partial charge in [-0.25, -0.2) is 26.8 Å². The fourth-order valence-corrected chi connectivity index (χ4v) is 13.9. The molecule has 2 aliphatic rings. The number of thiazole rings is 2. The van der Waals surface area contributed by atoms with Crippen LogP contribution in [0.25, 0.3) is 20.4 Å². The van der Waals surface area contributed by atoms with E-state index in [1.165, 1.54) is 22.7 Å². The van der Waals surface area contributed by atoms with Gasteiger partial charge in [0.25, 0.3) is 20.0 Å². The first-order valence-corrected chi connectivity index (χ1v) is 22.8. The van der Waals surface area contributed by atoms with E-state index < -0.39 is 20.0 Å². The first kappa shape index (κ1) is 37.2. The van der Waals surface area contributed by atoms with Crippen LogP contribution in [0.15, 0.2) is 57.2 Å². The van der Waals surface area contributed by atoms with Crippen LogP contribution in [0.3, 0.4) is 0 Å². The number of sulfonamides is 2. The van der Waals surface area contributed by atoms with Crippen molar-refractivity contribution in [3.05, 3.63) is 70.8 Å². The number of rotatable bonds is 12. The molecule has 278 valence electrons. The van der Waals surface area contributed by atoms with E-state index in [9.17, 15) is 16.8 Å². The van der Waals surface area contributed by atoms with Gasteiger partial charge in [-0.05, 0) is 112 Å². The number of hydrogen-bond donors (Lipinski definition) is 2. The molecule has 14 heteroatoms. The molecule has 0 bridgehead atoms. The van der Waals surface area contributed by atoms with Crippen LogP contribution >= 0.6 is 22.7 Å². The Bertz CT molecular complexity index is 2110. The minimum absolute atomic E-state index is 0.0990. The molecule has 0 saturated heterocycles. The van der Waals surface area contributed by atoms with Gasteiger partial charge in [0.2, 0.25) is 8.68 Å². The van der Waals surface area contributed by atoms with Crippen LogP contribution in [0.4, 0.5) is 11.4 Å². The summed E-state index contributed by atoms with van der Waals surface area (Å²) in [5, 5.41) is 6.73. The van der Waals surface area contributed by atoms with Crippen molar-refractivity contribution in [2.45, 2.75) is 113 Å². The van der Waals surface area contributed by atoms with Crippen LogP contribution in [0.5, 0.6) is 0 Å². The average Bonchev–Trinajstić information content (AvgIpc) is 3.76. The zero-order valence-corrected chi connectivity index (χ0v) is 33.6. The number of aromatic nitrogens is 2. The van der Waals surface area contributed by atoms with Crippen LogP contribution in [-0.2, 0) is 20.0 Å². The summed E-state index contributed by atoms with van der Waals surface area (Å²) in [4.78, 5) is 9.27. The maximum atomic E-state index is 14.2. The molecule has 0 radical (unpaired) electrons. The van der Waals surface area contributed by atoms with Gasteiger partial charge >= 0.3 is 0 Å². The molecule has 2 fully saturated rings. The summed E-state index contributed by atoms with van der Waals surface area (Å²) in [5.74, 6) is 0. The van der Waals surface area contributed by atoms with Gasteiger partial charge in [0.15, 0.2) is 0 Å². The Morgan fingerprint density at radius 3 is 1.33 bits per heavy atom. The lowest BCUT2D eigenvalue weighted by molar-refractivity contribution is 0.263. The molecule has 0 unspecified atom stereocenters. The zero-order valence-electron chi connectivity index (χ0n) is 30.3. The van der Waals surface area contributed by atoms with E-state index in [0.29, 0.717) is 0 Å². The fourth-order valence-electron chi connectivity index (χ4n) is 7.72. The Kier molecular flexibility index (Phi) is 10.9. The van der Waals surface area contributed by atoms with Crippen LogP contribution in [0, 0.1) is 27.7 Å². The van der Waals surface area contributed by atoms with Gasteiger partial charge in [0.05, 0.1) is 33.8 Å². The lowest BCUT2D eigenvalue weighted by Gasteiger charge is -2.33. The summed E-state index contributed by atoms with van der Waals surface area (Å²) < 4.78 is 62.0. The van der Waals surface area contributed by atoms with Gasteiger partial charge in [0, 0.05) is 23.5 Å². The predicted molar refractivity (Wildman–Crippen MR) is 213 cm³/mol. The second kappa shape index (κ2) is 15.3. The molecule has 0 aliphatic heterocycles. The Hall–Kier alpha value is -3.14. The molecule has 2 N–H and O–H groups in total. The molecule has 2 aliphatic carbocycles. The van der Waals surface area contributed by atoms with Crippen molar-refractivity contribution in [3.8, 4) is 0 Å². The number of aryl methyl sites for hydroxylation is 4. The molecule has 2 saturated carbocycles. The summed E-state index contributed by atoms with van der Waals surface area (Å²) in [6.07, 6.45) is 9.53. The number of nitrogens with one attached hydrogen (secondary N) is 2. The largest absolute Gasteiger partial charge is 0.371 e. The van der Waals surface area contributed by atoms with Gasteiger partial charge in [-0.2, -0.15) is 8.61 Å². The fraction of sp³-hybridized carbons (Fsp3) is 0.474. The van der Waals surface area contributed by atoms with Crippen molar-refractivity contribution in [2.75, 3.05) is 24.0 Å². The second-order valence-corrected chi connectivity index (χ2v) is 20.6. The minimum atomic E-state index is -3.85. The average molecular weight is 781 g/mol. The van der Waals surface area contributed by atoms with Crippen molar-refractivity contribution in [1.82, 2.24) is 18.6 Å². The van der Waals surface area contributed by atoms with Crippen LogP contribution < -0.4 is 10.6 Å². The van der Waals surface area contributed by atoms with E-state index in [0.717, 1.165) is 118 Å². The van der Waals surface area contributed by atoms with Gasteiger partial charge < -0.3 is 10.6 Å². The number of nitrogens with zero attached hydrogens (tertiary/aromatic N) is 4. The lowest BCUT2D eigenvalue weighted by atomic mass is 9.96. The van der Waals surface area contributed by atoms with E-state index in [4.69, 9.17) is 0 Å². The normalized spacial score (nSPS) is 16.7. The van der Waals surface area contributed by atoms with E-state index in [1.807, 2.05) is 76.2 Å². The minimum Gasteiger partial charge on any atom is -0.371 e. The molecule has 5 aromatic rings. The van der Waals surface area contributed by atoms with E-state index >= 15 is 0 Å². The quantitative estimate of drug-likeness (QED) is 0.120. The summed E-state index contributed by atoms with van der Waals surface area (Å²) in [6.45, 7) is 8.23. The second-order valence-electron chi connectivity index (χ2n) is 14.4. The van der Waals surface area contributed by atoms with Gasteiger partial charge in [0.1, 0.15) is 0 Å². The number of fused-ring (bicyclic) bond motifs is 2. The van der Waals surface area contributed by atoms with Crippen LogP contribution in [0.2, 0.25) is 0 Å². The van der Waals surface area contributed by atoms with Gasteiger partial charge in [-0.3, -0.25) is 0 Å². The molecule has 7 rings (SSSR count). The highest BCUT2D eigenvalue weighted by molar-refractivity contribution is 7.91. The molecule has 0 spiro atoms. The molecule has 52 heavy (non-hydrogen) atoms. The highest BCUT2D eigenvalue weighted by Gasteiger charge is 2.36. The molecule has 0 amide bonds. The predicted octanol–water partition coefficient (Wildman–Crippen LogP) is 8.93. The van der Waals surface area contributed by atoms with E-state index in [1.54, 1.807) is 8.61 Å². The summed E-state index contributed by atoms with van der Waals surface area (Å²) in [5.41, 5.74) is 7.16. The third-order valence-corrected chi connectivity index (χ3v) is 16.9. The first-order valence-electron chi connectivity index (χ1n) is 18.3. The van der Waals surface area contributed by atoms with Gasteiger partial charge in [-0.15, -0.1) is 22.7 Å². The van der Waals surface area contributed by atoms with Crippen molar-refractivity contribution in [3.63, 3.8) is 0 Å². The number of hydrogen-bond acceptors (Lipinski definition) is 10. The van der Waals surface area contributed by atoms with E-state index in [-0.39, 0.29) is 34.1 Å². The summed E-state index contributed by atoms with van der Waals surface area (Å²) >= 11 is 2.48. The van der Waals surface area contributed by atoms with Gasteiger partial charge in [-0.1, -0.05) is 50.7 Å². The standard InChI is InChI=1S/C38H48N6O4S4/c1-25-19-27(3)35-33(21-25)49-37(41-35)51(45,46)43(31-11-7-5-8-12-31)23-39-29-15-17-30(18-16-29)40-24-44(32-13-9-6-10-14-32)52(47,48)38-42-36-28(4)20-26(2)22-34(36)50-38/h15-22,31-32,39-40H,5-14,23-24H2,1-4H3. The van der Waals surface area contributed by atoms with Crippen LogP contribution in [-0.4, -0.2) is 60.8 Å². The summed E-state index contributed by atoms with van der Waals surface area (Å²) in [7, 11) is -7.70. The highest BCUT2D eigenvalue weighted by Crippen LogP contribution is 2.35. The Morgan fingerprint density at radius 1 is 0.596 bits per heavy atom. The lowest BCUT2D eigenvalue weighted by Crippen LogP contribution is -2.44.